The van der Waals surface area contributed by atoms with Crippen LogP contribution in [0.3, 0.4) is 0 Å². The number of rotatable bonds is 2. The van der Waals surface area contributed by atoms with Crippen molar-refractivity contribution < 1.29 is 8.78 Å². The minimum absolute atomic E-state index is 0.0537. The molecule has 3 rings (SSSR count). The lowest BCUT2D eigenvalue weighted by molar-refractivity contribution is 0.628. The average Bonchev–Trinajstić information content (AvgIpc) is 2.79. The Morgan fingerprint density at radius 1 is 1.20 bits per heavy atom. The Labute approximate surface area is 114 Å². The summed E-state index contributed by atoms with van der Waals surface area (Å²) in [7, 11) is 0. The maximum atomic E-state index is 13.6. The van der Waals surface area contributed by atoms with Crippen molar-refractivity contribution in [1.82, 2.24) is 9.55 Å². The lowest BCUT2D eigenvalue weighted by Gasteiger charge is -2.09. The molecule has 0 fully saturated rings. The van der Waals surface area contributed by atoms with E-state index in [-0.39, 0.29) is 11.5 Å². The lowest BCUT2D eigenvalue weighted by atomic mass is 10.1. The van der Waals surface area contributed by atoms with Gasteiger partial charge in [0.05, 0.1) is 16.7 Å². The highest BCUT2D eigenvalue weighted by atomic mass is 19.1. The standard InChI is InChI=1S/C15H13F2N3/c1-2-20-13-8-9(16)6-7-12(13)19-15(20)10-4-3-5-11(17)14(10)18/h3-8H,2,18H2,1H3. The number of imidazole rings is 1. The number of nitrogen functional groups attached to an aromatic ring is 1. The van der Waals surface area contributed by atoms with Crippen LogP contribution in [0.1, 0.15) is 6.92 Å². The molecule has 0 atom stereocenters. The molecule has 0 spiro atoms. The van der Waals surface area contributed by atoms with Gasteiger partial charge in [-0.1, -0.05) is 6.07 Å². The van der Waals surface area contributed by atoms with Crippen LogP contribution >= 0.6 is 0 Å². The number of nitrogens with zero attached hydrogens (tertiary/aromatic N) is 2. The van der Waals surface area contributed by atoms with Crippen LogP contribution in [-0.4, -0.2) is 9.55 Å². The highest BCUT2D eigenvalue weighted by Gasteiger charge is 2.15. The zero-order valence-corrected chi connectivity index (χ0v) is 10.9. The van der Waals surface area contributed by atoms with E-state index < -0.39 is 5.82 Å². The number of aromatic nitrogens is 2. The summed E-state index contributed by atoms with van der Waals surface area (Å²) in [5.41, 5.74) is 7.69. The highest BCUT2D eigenvalue weighted by Crippen LogP contribution is 2.30. The lowest BCUT2D eigenvalue weighted by Crippen LogP contribution is -2.01. The second-order valence-corrected chi connectivity index (χ2v) is 4.51. The summed E-state index contributed by atoms with van der Waals surface area (Å²) in [5, 5.41) is 0. The minimum Gasteiger partial charge on any atom is -0.396 e. The monoisotopic (exact) mass is 273 g/mol. The molecule has 3 aromatic rings. The number of aryl methyl sites for hydroxylation is 1. The van der Waals surface area contributed by atoms with E-state index in [0.29, 0.717) is 29.0 Å². The van der Waals surface area contributed by atoms with Crippen LogP contribution in [0.5, 0.6) is 0 Å². The first-order valence-corrected chi connectivity index (χ1v) is 6.32. The van der Waals surface area contributed by atoms with Crippen LogP contribution in [0.15, 0.2) is 36.4 Å². The Balaban J connectivity index is 2.33. The molecule has 0 aliphatic heterocycles. The molecule has 0 unspecified atom stereocenters. The Morgan fingerprint density at radius 3 is 2.75 bits per heavy atom. The van der Waals surface area contributed by atoms with Crippen molar-refractivity contribution in [2.24, 2.45) is 0 Å². The van der Waals surface area contributed by atoms with Crippen LogP contribution in [0.4, 0.5) is 14.5 Å². The summed E-state index contributed by atoms with van der Waals surface area (Å²) < 4.78 is 28.8. The molecule has 1 heterocycles. The molecule has 0 aliphatic carbocycles. The summed E-state index contributed by atoms with van der Waals surface area (Å²) in [6, 6.07) is 8.98. The molecule has 0 amide bonds. The number of halogens is 2. The van der Waals surface area contributed by atoms with Gasteiger partial charge in [-0.25, -0.2) is 13.8 Å². The van der Waals surface area contributed by atoms with Gasteiger partial charge in [0.1, 0.15) is 17.5 Å². The number of hydrogen-bond acceptors (Lipinski definition) is 2. The number of benzene rings is 2. The molecule has 5 heteroatoms. The van der Waals surface area contributed by atoms with Gasteiger partial charge in [0.15, 0.2) is 0 Å². The van der Waals surface area contributed by atoms with Crippen LogP contribution in [0.25, 0.3) is 22.4 Å². The first-order chi connectivity index (χ1) is 9.61. The fourth-order valence-corrected chi connectivity index (χ4v) is 2.35. The molecule has 2 aromatic carbocycles. The molecule has 102 valence electrons. The summed E-state index contributed by atoms with van der Waals surface area (Å²) >= 11 is 0. The van der Waals surface area contributed by atoms with E-state index >= 15 is 0 Å². The molecule has 0 saturated carbocycles. The van der Waals surface area contributed by atoms with Crippen LogP contribution in [0, 0.1) is 11.6 Å². The van der Waals surface area contributed by atoms with Crippen molar-refractivity contribution >= 4 is 16.7 Å². The molecule has 20 heavy (non-hydrogen) atoms. The van der Waals surface area contributed by atoms with Crippen molar-refractivity contribution in [1.29, 1.82) is 0 Å². The largest absolute Gasteiger partial charge is 0.396 e. The van der Waals surface area contributed by atoms with E-state index in [0.717, 1.165) is 0 Å². The average molecular weight is 273 g/mol. The minimum atomic E-state index is -0.483. The van der Waals surface area contributed by atoms with E-state index in [1.54, 1.807) is 18.2 Å². The SMILES string of the molecule is CCn1c(-c2cccc(F)c2N)nc2ccc(F)cc21. The van der Waals surface area contributed by atoms with Crippen molar-refractivity contribution in [2.75, 3.05) is 5.73 Å². The normalized spacial score (nSPS) is 11.2. The van der Waals surface area contributed by atoms with Crippen LogP contribution in [-0.2, 0) is 6.54 Å². The van der Waals surface area contributed by atoms with Crippen molar-refractivity contribution in [3.8, 4) is 11.4 Å². The fraction of sp³-hybridized carbons (Fsp3) is 0.133. The Hall–Kier alpha value is -2.43. The van der Waals surface area contributed by atoms with Gasteiger partial charge in [0.25, 0.3) is 0 Å². The molecule has 0 aliphatic rings. The van der Waals surface area contributed by atoms with E-state index in [4.69, 9.17) is 5.73 Å². The molecule has 0 saturated heterocycles. The predicted octanol–water partition coefficient (Wildman–Crippen LogP) is 3.58. The second-order valence-electron chi connectivity index (χ2n) is 4.51. The highest BCUT2D eigenvalue weighted by molar-refractivity contribution is 5.83. The van der Waals surface area contributed by atoms with Crippen molar-refractivity contribution in [2.45, 2.75) is 13.5 Å². The van der Waals surface area contributed by atoms with Crippen LogP contribution in [0.2, 0.25) is 0 Å². The topological polar surface area (TPSA) is 43.8 Å². The smallest absolute Gasteiger partial charge is 0.146 e. The second kappa shape index (κ2) is 4.59. The van der Waals surface area contributed by atoms with E-state index in [1.807, 2.05) is 11.5 Å². The predicted molar refractivity (Wildman–Crippen MR) is 75.2 cm³/mol. The molecular weight excluding hydrogens is 260 g/mol. The summed E-state index contributed by atoms with van der Waals surface area (Å²) in [5.74, 6) is -0.264. The molecule has 0 radical (unpaired) electrons. The zero-order valence-electron chi connectivity index (χ0n) is 10.9. The zero-order chi connectivity index (χ0) is 14.3. The maximum absolute atomic E-state index is 13.6. The van der Waals surface area contributed by atoms with Crippen molar-refractivity contribution in [3.05, 3.63) is 48.0 Å². The number of nitrogens with two attached hydrogens (primary N) is 1. The van der Waals surface area contributed by atoms with Gasteiger partial charge in [-0.05, 0) is 37.3 Å². The molecule has 1 aromatic heterocycles. The van der Waals surface area contributed by atoms with Gasteiger partial charge >= 0.3 is 0 Å². The first kappa shape index (κ1) is 12.6. The van der Waals surface area contributed by atoms with E-state index in [2.05, 4.69) is 4.98 Å². The molecule has 3 nitrogen and oxygen atoms in total. The number of anilines is 1. The van der Waals surface area contributed by atoms with Gasteiger partial charge in [0, 0.05) is 12.1 Å². The summed E-state index contributed by atoms with van der Waals surface area (Å²) in [6.07, 6.45) is 0. The third-order valence-corrected chi connectivity index (χ3v) is 3.32. The van der Waals surface area contributed by atoms with Gasteiger partial charge in [-0.15, -0.1) is 0 Å². The summed E-state index contributed by atoms with van der Waals surface area (Å²) in [4.78, 5) is 4.45. The van der Waals surface area contributed by atoms with Gasteiger partial charge in [-0.2, -0.15) is 0 Å². The quantitative estimate of drug-likeness (QED) is 0.725. The number of fused-ring (bicyclic) bond motifs is 1. The van der Waals surface area contributed by atoms with Gasteiger partial charge in [0.2, 0.25) is 0 Å². The van der Waals surface area contributed by atoms with Gasteiger partial charge in [-0.3, -0.25) is 0 Å². The van der Waals surface area contributed by atoms with Crippen molar-refractivity contribution in [3.63, 3.8) is 0 Å². The van der Waals surface area contributed by atoms with E-state index in [9.17, 15) is 8.78 Å². The maximum Gasteiger partial charge on any atom is 0.146 e. The Kier molecular flexibility index (Phi) is 2.89. The Morgan fingerprint density at radius 2 is 2.00 bits per heavy atom. The van der Waals surface area contributed by atoms with E-state index in [1.165, 1.54) is 18.2 Å². The molecule has 2 N–H and O–H groups in total. The first-order valence-electron chi connectivity index (χ1n) is 6.32. The summed E-state index contributed by atoms with van der Waals surface area (Å²) in [6.45, 7) is 2.51. The van der Waals surface area contributed by atoms with Crippen LogP contribution < -0.4 is 5.73 Å². The number of hydrogen-bond donors (Lipinski definition) is 1. The third kappa shape index (κ3) is 1.82. The molecular formula is C15H13F2N3. The third-order valence-electron chi connectivity index (χ3n) is 3.32. The van der Waals surface area contributed by atoms with Gasteiger partial charge < -0.3 is 10.3 Å². The Bertz CT molecular complexity index is 793. The number of para-hydroxylation sites is 1. The fourth-order valence-electron chi connectivity index (χ4n) is 2.35. The molecule has 0 bridgehead atoms.